The molecule has 0 aliphatic rings. The zero-order valence-corrected chi connectivity index (χ0v) is 19.2. The number of ether oxygens (including phenoxy) is 1. The Morgan fingerprint density at radius 2 is 1.82 bits per heavy atom. The lowest BCUT2D eigenvalue weighted by molar-refractivity contribution is -0.153. The van der Waals surface area contributed by atoms with Gasteiger partial charge >= 0.3 is 5.97 Å². The topological polar surface area (TPSA) is 56.5 Å². The summed E-state index contributed by atoms with van der Waals surface area (Å²) in [4.78, 5) is 17.4. The summed E-state index contributed by atoms with van der Waals surface area (Å²) in [5.74, 6) is -0.268. The molecule has 0 radical (unpaired) electrons. The lowest BCUT2D eigenvalue weighted by Crippen LogP contribution is -2.25. The first-order valence-electron chi connectivity index (χ1n) is 9.60. The van der Waals surface area contributed by atoms with Gasteiger partial charge in [-0.05, 0) is 74.4 Å². The molecule has 0 amide bonds. The van der Waals surface area contributed by atoms with Crippen molar-refractivity contribution < 1.29 is 9.53 Å². The molecule has 6 heteroatoms. The van der Waals surface area contributed by atoms with E-state index in [4.69, 9.17) is 14.8 Å². The third kappa shape index (κ3) is 4.54. The number of aromatic nitrogens is 3. The van der Waals surface area contributed by atoms with Crippen LogP contribution >= 0.6 is 22.6 Å². The summed E-state index contributed by atoms with van der Waals surface area (Å²) in [6, 6.07) is 10.3. The summed E-state index contributed by atoms with van der Waals surface area (Å²) in [6.07, 6.45) is 1.82. The Morgan fingerprint density at radius 1 is 1.14 bits per heavy atom. The Morgan fingerprint density at radius 3 is 2.39 bits per heavy atom. The highest BCUT2D eigenvalue weighted by Gasteiger charge is 2.23. The molecule has 148 valence electrons. The van der Waals surface area contributed by atoms with Crippen LogP contribution in [0.1, 0.15) is 51.6 Å². The van der Waals surface area contributed by atoms with E-state index >= 15 is 0 Å². The van der Waals surface area contributed by atoms with Gasteiger partial charge in [-0.1, -0.05) is 26.0 Å². The van der Waals surface area contributed by atoms with Gasteiger partial charge in [-0.2, -0.15) is 5.10 Å². The minimum atomic E-state index is -0.528. The van der Waals surface area contributed by atoms with E-state index in [1.165, 1.54) is 0 Å². The maximum Gasteiger partial charge on any atom is 0.311 e. The number of nitrogens with zero attached hydrogens (tertiary/aromatic N) is 3. The standard InChI is InChI=1S/C22H26IN3O2/c1-6-16-12-17(7-2)26-21(24-16)18(13-19(27)28-22(3,4)5)20(25-26)14-8-10-15(23)11-9-14/h8-12H,6-7,13H2,1-5H3. The minimum absolute atomic E-state index is 0.144. The summed E-state index contributed by atoms with van der Waals surface area (Å²) in [6.45, 7) is 9.83. The Balaban J connectivity index is 2.19. The monoisotopic (exact) mass is 491 g/mol. The van der Waals surface area contributed by atoms with Gasteiger partial charge in [0.15, 0.2) is 5.65 Å². The number of hydrogen-bond donors (Lipinski definition) is 0. The molecule has 0 N–H and O–H groups in total. The molecule has 28 heavy (non-hydrogen) atoms. The van der Waals surface area contributed by atoms with E-state index in [0.29, 0.717) is 0 Å². The Hall–Kier alpha value is -1.96. The second-order valence-corrected chi connectivity index (χ2v) is 9.02. The van der Waals surface area contributed by atoms with E-state index in [-0.39, 0.29) is 12.4 Å². The largest absolute Gasteiger partial charge is 0.460 e. The number of fused-ring (bicyclic) bond motifs is 1. The van der Waals surface area contributed by atoms with E-state index in [9.17, 15) is 4.79 Å². The fourth-order valence-corrected chi connectivity index (χ4v) is 3.50. The second kappa shape index (κ2) is 8.19. The van der Waals surface area contributed by atoms with E-state index in [2.05, 4.69) is 42.5 Å². The zero-order valence-electron chi connectivity index (χ0n) is 17.0. The van der Waals surface area contributed by atoms with E-state index in [0.717, 1.165) is 50.3 Å². The van der Waals surface area contributed by atoms with Crippen molar-refractivity contribution in [1.82, 2.24) is 14.6 Å². The molecule has 0 unspecified atom stereocenters. The maximum atomic E-state index is 12.6. The Labute approximate surface area is 179 Å². The molecular weight excluding hydrogens is 465 g/mol. The van der Waals surface area contributed by atoms with Crippen molar-refractivity contribution in [3.8, 4) is 11.3 Å². The first kappa shape index (κ1) is 20.8. The van der Waals surface area contributed by atoms with E-state index < -0.39 is 5.60 Å². The molecule has 3 aromatic rings. The average Bonchev–Trinajstić information content (AvgIpc) is 2.98. The first-order chi connectivity index (χ1) is 13.2. The first-order valence-corrected chi connectivity index (χ1v) is 10.7. The third-order valence-electron chi connectivity index (χ3n) is 4.39. The van der Waals surface area contributed by atoms with Crippen molar-refractivity contribution in [2.75, 3.05) is 0 Å². The SMILES string of the molecule is CCc1cc(CC)n2nc(-c3ccc(I)cc3)c(CC(=O)OC(C)(C)C)c2n1. The molecule has 0 spiro atoms. The van der Waals surface area contributed by atoms with Gasteiger partial charge in [-0.25, -0.2) is 9.50 Å². The number of benzene rings is 1. The predicted octanol–water partition coefficient (Wildman–Crippen LogP) is 5.01. The van der Waals surface area contributed by atoms with Crippen LogP contribution in [0, 0.1) is 3.57 Å². The third-order valence-corrected chi connectivity index (χ3v) is 5.11. The molecule has 5 nitrogen and oxygen atoms in total. The van der Waals surface area contributed by atoms with Gasteiger partial charge in [0.1, 0.15) is 5.60 Å². The lowest BCUT2D eigenvalue weighted by Gasteiger charge is -2.19. The highest BCUT2D eigenvalue weighted by Crippen LogP contribution is 2.28. The summed E-state index contributed by atoms with van der Waals surface area (Å²) >= 11 is 2.28. The van der Waals surface area contributed by atoms with Crippen molar-refractivity contribution >= 4 is 34.2 Å². The number of esters is 1. The van der Waals surface area contributed by atoms with Crippen LogP contribution in [0.4, 0.5) is 0 Å². The molecule has 3 rings (SSSR count). The number of hydrogen-bond acceptors (Lipinski definition) is 4. The van der Waals surface area contributed by atoms with Crippen LogP contribution in [0.15, 0.2) is 30.3 Å². The van der Waals surface area contributed by atoms with Gasteiger partial charge in [0.2, 0.25) is 0 Å². The van der Waals surface area contributed by atoms with Crippen LogP contribution < -0.4 is 0 Å². The Bertz CT molecular complexity index is 1000. The molecule has 0 atom stereocenters. The number of carbonyl (C=O) groups is 1. The number of halogens is 1. The number of carbonyl (C=O) groups excluding carboxylic acids is 1. The normalized spacial score (nSPS) is 11.8. The van der Waals surface area contributed by atoms with Crippen LogP contribution in [0.2, 0.25) is 0 Å². The van der Waals surface area contributed by atoms with Crippen molar-refractivity contribution in [2.45, 2.75) is 59.5 Å². The van der Waals surface area contributed by atoms with Crippen LogP contribution in [0.5, 0.6) is 0 Å². The molecule has 0 saturated heterocycles. The van der Waals surface area contributed by atoms with Gasteiger partial charge in [-0.3, -0.25) is 4.79 Å². The molecule has 2 aromatic heterocycles. The molecule has 0 saturated carbocycles. The molecule has 0 aliphatic carbocycles. The average molecular weight is 491 g/mol. The maximum absolute atomic E-state index is 12.6. The van der Waals surface area contributed by atoms with Gasteiger partial charge in [-0.15, -0.1) is 0 Å². The summed E-state index contributed by atoms with van der Waals surface area (Å²) < 4.78 is 8.61. The Kier molecular flexibility index (Phi) is 6.07. The smallest absolute Gasteiger partial charge is 0.311 e. The van der Waals surface area contributed by atoms with Crippen molar-refractivity contribution in [2.24, 2.45) is 0 Å². The quantitative estimate of drug-likeness (QED) is 0.372. The number of rotatable bonds is 5. The van der Waals surface area contributed by atoms with Crippen molar-refractivity contribution in [1.29, 1.82) is 0 Å². The lowest BCUT2D eigenvalue weighted by atomic mass is 10.1. The highest BCUT2D eigenvalue weighted by atomic mass is 127. The van der Waals surface area contributed by atoms with Crippen LogP contribution in [0.25, 0.3) is 16.9 Å². The van der Waals surface area contributed by atoms with Crippen molar-refractivity contribution in [3.05, 3.63) is 50.9 Å². The van der Waals surface area contributed by atoms with Crippen LogP contribution in [0.3, 0.4) is 0 Å². The fourth-order valence-electron chi connectivity index (χ4n) is 3.14. The molecule has 2 heterocycles. The number of aryl methyl sites for hydroxylation is 2. The second-order valence-electron chi connectivity index (χ2n) is 7.78. The van der Waals surface area contributed by atoms with Crippen molar-refractivity contribution in [3.63, 3.8) is 0 Å². The summed E-state index contributed by atoms with van der Waals surface area (Å²) in [5, 5.41) is 4.85. The fraction of sp³-hybridized carbons (Fsp3) is 0.409. The molecule has 0 fully saturated rings. The zero-order chi connectivity index (χ0) is 20.5. The minimum Gasteiger partial charge on any atom is -0.460 e. The van der Waals surface area contributed by atoms with E-state index in [1.807, 2.05) is 49.6 Å². The van der Waals surface area contributed by atoms with Gasteiger partial charge in [0, 0.05) is 26.1 Å². The summed E-state index contributed by atoms with van der Waals surface area (Å²) in [5.41, 5.74) is 4.89. The van der Waals surface area contributed by atoms with Crippen LogP contribution in [-0.2, 0) is 28.8 Å². The molecule has 1 aromatic carbocycles. The molecule has 0 aliphatic heterocycles. The van der Waals surface area contributed by atoms with E-state index in [1.54, 1.807) is 0 Å². The van der Waals surface area contributed by atoms with Gasteiger partial charge in [0.05, 0.1) is 12.1 Å². The van der Waals surface area contributed by atoms with Gasteiger partial charge < -0.3 is 4.74 Å². The summed E-state index contributed by atoms with van der Waals surface area (Å²) in [7, 11) is 0. The van der Waals surface area contributed by atoms with Crippen LogP contribution in [-0.4, -0.2) is 26.2 Å². The van der Waals surface area contributed by atoms with Gasteiger partial charge in [0.25, 0.3) is 0 Å². The predicted molar refractivity (Wildman–Crippen MR) is 119 cm³/mol. The molecule has 0 bridgehead atoms. The highest BCUT2D eigenvalue weighted by molar-refractivity contribution is 14.1. The molecular formula is C22H26IN3O2.